The molecule has 0 aliphatic heterocycles. The van der Waals surface area contributed by atoms with Gasteiger partial charge in [0.15, 0.2) is 0 Å². The molecular weight excluding hydrogens is 306 g/mol. The number of ether oxygens (including phenoxy) is 2. The van der Waals surface area contributed by atoms with E-state index in [0.717, 1.165) is 5.56 Å². The van der Waals surface area contributed by atoms with Crippen molar-refractivity contribution in [2.24, 2.45) is 0 Å². The summed E-state index contributed by atoms with van der Waals surface area (Å²) in [6, 6.07) is 9.24. The first-order valence-corrected chi connectivity index (χ1v) is 6.92. The average Bonchev–Trinajstić information content (AvgIpc) is 2.54. The van der Waals surface area contributed by atoms with E-state index < -0.39 is 24.6 Å². The molecule has 1 rings (SSSR count). The van der Waals surface area contributed by atoms with Crippen LogP contribution in [0.3, 0.4) is 0 Å². The molecule has 0 radical (unpaired) electrons. The molecule has 0 unspecified atom stereocenters. The van der Waals surface area contributed by atoms with Gasteiger partial charge < -0.3 is 25.0 Å². The number of amides is 1. The summed E-state index contributed by atoms with van der Waals surface area (Å²) in [5.74, 6) is -1.52. The second-order valence-corrected chi connectivity index (χ2v) is 4.10. The van der Waals surface area contributed by atoms with E-state index in [1.165, 1.54) is 0 Å². The minimum Gasteiger partial charge on any atom is -0.481 e. The molecule has 1 aromatic carbocycles. The molecule has 3 N–H and O–H groups in total. The summed E-state index contributed by atoms with van der Waals surface area (Å²) in [6.07, 6.45) is -0.717. The van der Waals surface area contributed by atoms with Gasteiger partial charge in [-0.05, 0) is 12.5 Å². The number of aliphatic hydroxyl groups excluding tert-OH is 1. The van der Waals surface area contributed by atoms with Crippen LogP contribution in [0, 0.1) is 0 Å². The number of nitrogens with one attached hydrogen (secondary N) is 1. The van der Waals surface area contributed by atoms with Crippen molar-refractivity contribution in [3.8, 4) is 0 Å². The molecule has 8 nitrogen and oxygen atoms in total. The number of rotatable bonds is 7. The Balaban J connectivity index is 0.000000585. The highest BCUT2D eigenvalue weighted by atomic mass is 16.5. The second-order valence-electron chi connectivity index (χ2n) is 4.10. The van der Waals surface area contributed by atoms with Crippen LogP contribution in [0.2, 0.25) is 0 Å². The summed E-state index contributed by atoms with van der Waals surface area (Å²) in [5, 5.41) is 18.7. The lowest BCUT2D eigenvalue weighted by Gasteiger charge is -2.05. The monoisotopic (exact) mass is 327 g/mol. The van der Waals surface area contributed by atoms with Gasteiger partial charge in [0.25, 0.3) is 0 Å². The number of benzene rings is 1. The van der Waals surface area contributed by atoms with Crippen LogP contribution in [0.5, 0.6) is 0 Å². The van der Waals surface area contributed by atoms with Gasteiger partial charge in [-0.2, -0.15) is 0 Å². The number of esters is 1. The smallest absolute Gasteiger partial charge is 0.407 e. The van der Waals surface area contributed by atoms with Gasteiger partial charge in [-0.1, -0.05) is 30.3 Å². The number of carboxylic acid groups (broad SMARTS) is 1. The van der Waals surface area contributed by atoms with E-state index >= 15 is 0 Å². The Morgan fingerprint density at radius 3 is 2.26 bits per heavy atom. The molecule has 1 aromatic rings. The van der Waals surface area contributed by atoms with E-state index in [0.29, 0.717) is 6.61 Å². The molecule has 8 heteroatoms. The minimum atomic E-state index is -0.955. The van der Waals surface area contributed by atoms with Crippen LogP contribution < -0.4 is 5.32 Å². The van der Waals surface area contributed by atoms with Crippen molar-refractivity contribution in [3.63, 3.8) is 0 Å². The van der Waals surface area contributed by atoms with Crippen molar-refractivity contribution >= 4 is 18.0 Å². The number of carboxylic acids is 1. The van der Waals surface area contributed by atoms with Crippen molar-refractivity contribution in [3.05, 3.63) is 35.9 Å². The van der Waals surface area contributed by atoms with Crippen LogP contribution in [0.1, 0.15) is 18.9 Å². The van der Waals surface area contributed by atoms with Crippen LogP contribution in [-0.4, -0.2) is 48.0 Å². The lowest BCUT2D eigenvalue weighted by atomic mass is 10.2. The van der Waals surface area contributed by atoms with Gasteiger partial charge in [0, 0.05) is 6.54 Å². The predicted octanol–water partition coefficient (Wildman–Crippen LogP) is 0.929. The lowest BCUT2D eigenvalue weighted by molar-refractivity contribution is -0.146. The normalized spacial score (nSPS) is 9.13. The van der Waals surface area contributed by atoms with Crippen LogP contribution in [-0.2, 0) is 25.7 Å². The fourth-order valence-corrected chi connectivity index (χ4v) is 1.25. The van der Waals surface area contributed by atoms with E-state index in [2.05, 4.69) is 10.1 Å². The first kappa shape index (κ1) is 20.4. The largest absolute Gasteiger partial charge is 0.481 e. The number of alkyl carbamates (subject to hydrolysis) is 1. The van der Waals surface area contributed by atoms with Gasteiger partial charge in [-0.3, -0.25) is 4.79 Å². The maximum Gasteiger partial charge on any atom is 0.407 e. The number of aliphatic hydroxyl groups is 1. The van der Waals surface area contributed by atoms with Gasteiger partial charge in [0.2, 0.25) is 0 Å². The summed E-state index contributed by atoms with van der Waals surface area (Å²) in [6.45, 7) is 1.75. The summed E-state index contributed by atoms with van der Waals surface area (Å²) >= 11 is 0. The molecule has 0 saturated carbocycles. The van der Waals surface area contributed by atoms with E-state index in [-0.39, 0.29) is 19.6 Å². The SMILES string of the molecule is CCOC(=O)CO.O=C(O)CCNC(=O)OCc1ccccc1. The molecule has 0 heterocycles. The Labute approximate surface area is 134 Å². The third kappa shape index (κ3) is 12.8. The summed E-state index contributed by atoms with van der Waals surface area (Å²) in [7, 11) is 0. The van der Waals surface area contributed by atoms with Crippen LogP contribution >= 0.6 is 0 Å². The number of hydrogen-bond donors (Lipinski definition) is 3. The quantitative estimate of drug-likeness (QED) is 0.637. The Hall–Kier alpha value is -2.61. The molecule has 0 bridgehead atoms. The van der Waals surface area contributed by atoms with Crippen LogP contribution in [0.25, 0.3) is 0 Å². The van der Waals surface area contributed by atoms with Crippen molar-refractivity contribution in [2.45, 2.75) is 20.0 Å². The third-order valence-corrected chi connectivity index (χ3v) is 2.26. The predicted molar refractivity (Wildman–Crippen MR) is 80.6 cm³/mol. The molecule has 128 valence electrons. The van der Waals surface area contributed by atoms with E-state index in [1.54, 1.807) is 6.92 Å². The molecule has 0 aliphatic rings. The summed E-state index contributed by atoms with van der Waals surface area (Å²) in [5.41, 5.74) is 0.885. The van der Waals surface area contributed by atoms with E-state index in [4.69, 9.17) is 14.9 Å². The number of aliphatic carboxylic acids is 1. The van der Waals surface area contributed by atoms with E-state index in [9.17, 15) is 14.4 Å². The summed E-state index contributed by atoms with van der Waals surface area (Å²) in [4.78, 5) is 31.2. The molecule has 1 amide bonds. The van der Waals surface area contributed by atoms with Crippen LogP contribution in [0.15, 0.2) is 30.3 Å². The molecular formula is C15H21NO7. The molecule has 0 spiro atoms. The van der Waals surface area contributed by atoms with Crippen molar-refractivity contribution in [1.29, 1.82) is 0 Å². The number of carbonyl (C=O) groups is 3. The molecule has 0 atom stereocenters. The molecule has 0 aliphatic carbocycles. The minimum absolute atomic E-state index is 0.0724. The molecule has 23 heavy (non-hydrogen) atoms. The summed E-state index contributed by atoms with van der Waals surface area (Å²) < 4.78 is 9.17. The fraction of sp³-hybridized carbons (Fsp3) is 0.400. The van der Waals surface area contributed by atoms with E-state index in [1.807, 2.05) is 30.3 Å². The topological polar surface area (TPSA) is 122 Å². The van der Waals surface area contributed by atoms with Crippen molar-refractivity contribution in [1.82, 2.24) is 5.32 Å². The lowest BCUT2D eigenvalue weighted by Crippen LogP contribution is -2.26. The third-order valence-electron chi connectivity index (χ3n) is 2.26. The number of hydrogen-bond acceptors (Lipinski definition) is 6. The molecule has 0 aromatic heterocycles. The Kier molecular flexibility index (Phi) is 11.6. The highest BCUT2D eigenvalue weighted by Crippen LogP contribution is 2.00. The van der Waals surface area contributed by atoms with Gasteiger partial charge in [0.05, 0.1) is 13.0 Å². The zero-order chi connectivity index (χ0) is 17.5. The first-order chi connectivity index (χ1) is 11.0. The van der Waals surface area contributed by atoms with Gasteiger partial charge in [-0.15, -0.1) is 0 Å². The molecule has 0 saturated heterocycles. The highest BCUT2D eigenvalue weighted by molar-refractivity contribution is 5.70. The van der Waals surface area contributed by atoms with Gasteiger partial charge >= 0.3 is 18.0 Å². The zero-order valence-corrected chi connectivity index (χ0v) is 12.9. The second kappa shape index (κ2) is 13.1. The Morgan fingerprint density at radius 2 is 1.78 bits per heavy atom. The highest BCUT2D eigenvalue weighted by Gasteiger charge is 2.03. The zero-order valence-electron chi connectivity index (χ0n) is 12.9. The maximum absolute atomic E-state index is 11.1. The maximum atomic E-state index is 11.1. The molecule has 0 fully saturated rings. The first-order valence-electron chi connectivity index (χ1n) is 6.92. The van der Waals surface area contributed by atoms with Crippen LogP contribution in [0.4, 0.5) is 4.79 Å². The van der Waals surface area contributed by atoms with Gasteiger partial charge in [-0.25, -0.2) is 9.59 Å². The Morgan fingerprint density at radius 1 is 1.13 bits per heavy atom. The standard InChI is InChI=1S/C11H13NO4.C4H8O3/c13-10(14)6-7-12-11(15)16-8-9-4-2-1-3-5-9;1-2-7-4(6)3-5/h1-5H,6-8H2,(H,12,15)(H,13,14);5H,2-3H2,1H3. The Bertz CT molecular complexity index is 476. The van der Waals surface area contributed by atoms with Crippen molar-refractivity contribution in [2.75, 3.05) is 19.8 Å². The fourth-order valence-electron chi connectivity index (χ4n) is 1.25. The number of carbonyl (C=O) groups excluding carboxylic acids is 2. The van der Waals surface area contributed by atoms with Gasteiger partial charge in [0.1, 0.15) is 13.2 Å². The van der Waals surface area contributed by atoms with Crippen molar-refractivity contribution < 1.29 is 34.1 Å². The average molecular weight is 327 g/mol.